The molecule has 7 heteroatoms. The molecule has 0 fully saturated rings. The van der Waals surface area contributed by atoms with Crippen molar-refractivity contribution in [1.82, 2.24) is 0 Å². The van der Waals surface area contributed by atoms with Crippen LogP contribution in [0.1, 0.15) is 13.3 Å². The smallest absolute Gasteiger partial charge is 0.401 e. The molecule has 0 saturated carbocycles. The van der Waals surface area contributed by atoms with Crippen LogP contribution in [0.25, 0.3) is 0 Å². The molecule has 2 N–H and O–H groups in total. The van der Waals surface area contributed by atoms with Crippen LogP contribution in [0.4, 0.5) is 0 Å². The zero-order valence-electron chi connectivity index (χ0n) is 5.89. The fourth-order valence-corrected chi connectivity index (χ4v) is 0.469. The molecule has 0 saturated heterocycles. The molecule has 0 aromatic carbocycles. The second-order valence-electron chi connectivity index (χ2n) is 1.87. The normalized spacial score (nSPS) is 18.7. The molecule has 0 aromatic rings. The number of esters is 1. The van der Waals surface area contributed by atoms with Gasteiger partial charge in [-0.15, -0.1) is 0 Å². The number of carbonyl (C=O) groups is 1. The Morgan fingerprint density at radius 3 is 2.55 bits per heavy atom. The number of ether oxygens (including phenoxy) is 1. The summed E-state index contributed by atoms with van der Waals surface area (Å²) in [7, 11) is 0. The van der Waals surface area contributed by atoms with Crippen LogP contribution < -0.4 is 5.73 Å². The van der Waals surface area contributed by atoms with Crippen LogP contribution in [0.2, 0.25) is 0 Å². The highest BCUT2D eigenvalue weighted by atomic mass is 16.6. The van der Waals surface area contributed by atoms with E-state index in [9.17, 15) is 4.79 Å². The van der Waals surface area contributed by atoms with E-state index in [1.54, 1.807) is 6.92 Å². The predicted octanol–water partition coefficient (Wildman–Crippen LogP) is 0.343. The van der Waals surface area contributed by atoms with Gasteiger partial charge in [-0.25, -0.2) is 5.73 Å². The summed E-state index contributed by atoms with van der Waals surface area (Å²) in [5.41, 5.74) is 5.27. The van der Waals surface area contributed by atoms with Gasteiger partial charge in [-0.05, 0) is 10.4 Å². The lowest BCUT2D eigenvalue weighted by atomic mass is 10.5. The fourth-order valence-electron chi connectivity index (χ4n) is 0.469. The Bertz CT molecular complexity index is 211. The highest BCUT2D eigenvalue weighted by molar-refractivity contribution is 5.69. The predicted molar refractivity (Wildman–Crippen MR) is 33.0 cm³/mol. The summed E-state index contributed by atoms with van der Waals surface area (Å²) in [6.45, 7) is 1.63. The second-order valence-corrected chi connectivity index (χ2v) is 1.87. The first kappa shape index (κ1) is 7.73. The maximum Gasteiger partial charge on any atom is 0.402 e. The van der Waals surface area contributed by atoms with Crippen molar-refractivity contribution in [2.24, 2.45) is 26.4 Å². The minimum absolute atomic E-state index is 0.212. The third-order valence-electron chi connectivity index (χ3n) is 0.969. The summed E-state index contributed by atoms with van der Waals surface area (Å²) < 4.78 is 4.57. The quantitative estimate of drug-likeness (QED) is 0.461. The topological polar surface area (TPSA) is 102 Å². The van der Waals surface area contributed by atoms with Crippen molar-refractivity contribution in [3.63, 3.8) is 0 Å². The average molecular weight is 157 g/mol. The van der Waals surface area contributed by atoms with Crippen LogP contribution in [0.5, 0.6) is 0 Å². The van der Waals surface area contributed by atoms with E-state index in [0.29, 0.717) is 0 Å². The average Bonchev–Trinajstić information content (AvgIpc) is 2.36. The molecule has 1 aliphatic rings. The lowest BCUT2D eigenvalue weighted by Crippen LogP contribution is -2.38. The zero-order valence-corrected chi connectivity index (χ0v) is 5.89. The Labute approximate surface area is 62.3 Å². The molecule has 0 atom stereocenters. The van der Waals surface area contributed by atoms with E-state index in [-0.39, 0.29) is 6.42 Å². The molecule has 1 aliphatic heterocycles. The Balaban J connectivity index is 2.54. The monoisotopic (exact) mass is 157 g/mol. The van der Waals surface area contributed by atoms with Gasteiger partial charge >= 0.3 is 11.9 Å². The van der Waals surface area contributed by atoms with Gasteiger partial charge in [0.1, 0.15) is 0 Å². The summed E-state index contributed by atoms with van der Waals surface area (Å²) in [6.07, 6.45) is 0.212. The summed E-state index contributed by atoms with van der Waals surface area (Å²) in [4.78, 5) is 10.7. The van der Waals surface area contributed by atoms with Crippen molar-refractivity contribution >= 4 is 5.97 Å². The van der Waals surface area contributed by atoms with E-state index in [1.165, 1.54) is 0 Å². The molecule has 0 aromatic heterocycles. The molecule has 1 rings (SSSR count). The lowest BCUT2D eigenvalue weighted by Gasteiger charge is -2.12. The molecule has 0 unspecified atom stereocenters. The van der Waals surface area contributed by atoms with Crippen LogP contribution in [0, 0.1) is 0 Å². The number of nitrogens with zero attached hydrogens (tertiary/aromatic N) is 4. The van der Waals surface area contributed by atoms with Crippen LogP contribution in [0.15, 0.2) is 20.7 Å². The van der Waals surface area contributed by atoms with Crippen molar-refractivity contribution in [1.29, 1.82) is 0 Å². The van der Waals surface area contributed by atoms with E-state index in [4.69, 9.17) is 5.73 Å². The number of rotatable bonds is 2. The SMILES string of the molecule is CCC(=O)OC1(N)N=NN=N1. The summed E-state index contributed by atoms with van der Waals surface area (Å²) >= 11 is 0. The summed E-state index contributed by atoms with van der Waals surface area (Å²) in [5.74, 6) is -2.21. The van der Waals surface area contributed by atoms with Gasteiger partial charge in [0, 0.05) is 6.42 Å². The van der Waals surface area contributed by atoms with Crippen molar-refractivity contribution in [3.05, 3.63) is 0 Å². The Hall–Kier alpha value is -1.37. The highest BCUT2D eigenvalue weighted by Crippen LogP contribution is 2.15. The first-order valence-corrected chi connectivity index (χ1v) is 3.01. The van der Waals surface area contributed by atoms with Crippen molar-refractivity contribution in [2.75, 3.05) is 0 Å². The third-order valence-corrected chi connectivity index (χ3v) is 0.969. The molecule has 1 heterocycles. The molecule has 0 radical (unpaired) electrons. The molecule has 0 aliphatic carbocycles. The molecular weight excluding hydrogens is 150 g/mol. The highest BCUT2D eigenvalue weighted by Gasteiger charge is 2.31. The van der Waals surface area contributed by atoms with E-state index in [0.717, 1.165) is 0 Å². The molecule has 11 heavy (non-hydrogen) atoms. The second kappa shape index (κ2) is 2.70. The summed E-state index contributed by atoms with van der Waals surface area (Å²) in [6, 6.07) is 0. The van der Waals surface area contributed by atoms with Gasteiger partial charge in [-0.2, -0.15) is 0 Å². The maximum atomic E-state index is 10.7. The van der Waals surface area contributed by atoms with Crippen LogP contribution in [0.3, 0.4) is 0 Å². The Kier molecular flexibility index (Phi) is 1.90. The van der Waals surface area contributed by atoms with Gasteiger partial charge in [0.15, 0.2) is 0 Å². The molecule has 60 valence electrons. The minimum Gasteiger partial charge on any atom is -0.401 e. The molecule has 0 bridgehead atoms. The van der Waals surface area contributed by atoms with Gasteiger partial charge in [0.2, 0.25) is 0 Å². The molecule has 0 amide bonds. The summed E-state index contributed by atoms with van der Waals surface area (Å²) in [5, 5.41) is 12.8. The van der Waals surface area contributed by atoms with E-state index < -0.39 is 11.9 Å². The van der Waals surface area contributed by atoms with E-state index >= 15 is 0 Å². The van der Waals surface area contributed by atoms with Gasteiger partial charge in [0.25, 0.3) is 0 Å². The van der Waals surface area contributed by atoms with Gasteiger partial charge < -0.3 is 4.74 Å². The maximum absolute atomic E-state index is 10.7. The number of nitrogens with two attached hydrogens (primary N) is 1. The van der Waals surface area contributed by atoms with Crippen molar-refractivity contribution in [3.8, 4) is 0 Å². The zero-order chi connectivity index (χ0) is 8.32. The Morgan fingerprint density at radius 2 is 2.09 bits per heavy atom. The first-order chi connectivity index (χ1) is 5.16. The van der Waals surface area contributed by atoms with Crippen LogP contribution >= 0.6 is 0 Å². The fraction of sp³-hybridized carbons (Fsp3) is 0.750. The number of hydrogen-bond donors (Lipinski definition) is 1. The van der Waals surface area contributed by atoms with Gasteiger partial charge in [0.05, 0.1) is 0 Å². The van der Waals surface area contributed by atoms with E-state index in [1.807, 2.05) is 0 Å². The van der Waals surface area contributed by atoms with Gasteiger partial charge in [-0.1, -0.05) is 17.2 Å². The number of hydrogen-bond acceptors (Lipinski definition) is 7. The number of carbonyl (C=O) groups excluding carboxylic acids is 1. The molecule has 0 spiro atoms. The van der Waals surface area contributed by atoms with Crippen LogP contribution in [-0.2, 0) is 9.53 Å². The van der Waals surface area contributed by atoms with Crippen molar-refractivity contribution < 1.29 is 9.53 Å². The van der Waals surface area contributed by atoms with Crippen molar-refractivity contribution in [2.45, 2.75) is 19.3 Å². The lowest BCUT2D eigenvalue weighted by molar-refractivity contribution is -0.157. The third kappa shape index (κ3) is 1.77. The standard InChI is InChI=1S/C4H7N5O2/c1-2-3(10)11-4(5)6-8-9-7-4/h2,5H2,1H3. The molecule has 7 nitrogen and oxygen atoms in total. The first-order valence-electron chi connectivity index (χ1n) is 3.01. The largest absolute Gasteiger partial charge is 0.402 e. The molecular formula is C4H7N5O2. The minimum atomic E-state index is -1.72. The van der Waals surface area contributed by atoms with Crippen LogP contribution in [-0.4, -0.2) is 11.9 Å². The Morgan fingerprint density at radius 1 is 1.55 bits per heavy atom. The van der Waals surface area contributed by atoms with Gasteiger partial charge in [-0.3, -0.25) is 4.79 Å². The van der Waals surface area contributed by atoms with E-state index in [2.05, 4.69) is 25.4 Å².